The van der Waals surface area contributed by atoms with E-state index in [1.54, 1.807) is 12.3 Å². The van der Waals surface area contributed by atoms with Crippen LogP contribution >= 0.6 is 0 Å². The van der Waals surface area contributed by atoms with E-state index in [0.29, 0.717) is 5.69 Å². The van der Waals surface area contributed by atoms with E-state index in [-0.39, 0.29) is 5.91 Å². The maximum absolute atomic E-state index is 12.0. The molecular weight excluding hydrogens is 190 g/mol. The fourth-order valence-electron chi connectivity index (χ4n) is 1.43. The summed E-state index contributed by atoms with van der Waals surface area (Å²) in [7, 11) is 0. The Labute approximate surface area is 90.3 Å². The zero-order valence-electron chi connectivity index (χ0n) is 9.31. The second-order valence-corrected chi connectivity index (χ2v) is 3.39. The summed E-state index contributed by atoms with van der Waals surface area (Å²) in [6.07, 6.45) is 4.94. The summed E-state index contributed by atoms with van der Waals surface area (Å²) in [5, 5.41) is 0. The molecule has 0 saturated heterocycles. The molecule has 1 aromatic heterocycles. The number of nitrogens with zero attached hydrogens (tertiary/aromatic N) is 3. The fourth-order valence-corrected chi connectivity index (χ4v) is 1.43. The average molecular weight is 207 g/mol. The molecule has 0 fully saturated rings. The monoisotopic (exact) mass is 207 g/mol. The topological polar surface area (TPSA) is 46.1 Å². The first-order chi connectivity index (χ1) is 7.29. The van der Waals surface area contributed by atoms with E-state index >= 15 is 0 Å². The zero-order valence-corrected chi connectivity index (χ0v) is 9.31. The highest BCUT2D eigenvalue weighted by atomic mass is 16.2. The van der Waals surface area contributed by atoms with Crippen LogP contribution < -0.4 is 0 Å². The number of carbonyl (C=O) groups excluding carboxylic acids is 1. The summed E-state index contributed by atoms with van der Waals surface area (Å²) in [5.74, 6) is 0.00102. The number of hydrogen-bond acceptors (Lipinski definition) is 3. The lowest BCUT2D eigenvalue weighted by Gasteiger charge is -2.20. The van der Waals surface area contributed by atoms with Crippen molar-refractivity contribution in [3.05, 3.63) is 24.3 Å². The van der Waals surface area contributed by atoms with Gasteiger partial charge in [0.2, 0.25) is 0 Å². The summed E-state index contributed by atoms with van der Waals surface area (Å²) in [6, 6.07) is 1.65. The highest BCUT2D eigenvalue weighted by molar-refractivity contribution is 5.92. The lowest BCUT2D eigenvalue weighted by Crippen LogP contribution is -2.33. The van der Waals surface area contributed by atoms with Crippen LogP contribution in [0.25, 0.3) is 0 Å². The molecule has 0 unspecified atom stereocenters. The lowest BCUT2D eigenvalue weighted by molar-refractivity contribution is 0.0749. The highest BCUT2D eigenvalue weighted by Crippen LogP contribution is 2.02. The van der Waals surface area contributed by atoms with Crippen LogP contribution in [0.3, 0.4) is 0 Å². The van der Waals surface area contributed by atoms with Crippen molar-refractivity contribution >= 4 is 5.91 Å². The van der Waals surface area contributed by atoms with E-state index in [1.807, 2.05) is 4.90 Å². The zero-order chi connectivity index (χ0) is 11.1. The Morgan fingerprint density at radius 2 is 2.00 bits per heavy atom. The van der Waals surface area contributed by atoms with Crippen LogP contribution in [0, 0.1) is 0 Å². The van der Waals surface area contributed by atoms with Gasteiger partial charge in [0, 0.05) is 19.3 Å². The Balaban J connectivity index is 2.71. The van der Waals surface area contributed by atoms with Gasteiger partial charge in [-0.15, -0.1) is 0 Å². The molecule has 0 aliphatic rings. The highest BCUT2D eigenvalue weighted by Gasteiger charge is 2.14. The van der Waals surface area contributed by atoms with Gasteiger partial charge < -0.3 is 4.90 Å². The predicted octanol–water partition coefficient (Wildman–Crippen LogP) is 1.74. The van der Waals surface area contributed by atoms with Crippen LogP contribution in [0.5, 0.6) is 0 Å². The maximum Gasteiger partial charge on any atom is 0.272 e. The second-order valence-electron chi connectivity index (χ2n) is 3.39. The predicted molar refractivity (Wildman–Crippen MR) is 58.5 cm³/mol. The van der Waals surface area contributed by atoms with Gasteiger partial charge in [-0.25, -0.2) is 9.97 Å². The van der Waals surface area contributed by atoms with Gasteiger partial charge in [-0.3, -0.25) is 4.79 Å². The van der Waals surface area contributed by atoms with Crippen molar-refractivity contribution in [2.45, 2.75) is 26.7 Å². The van der Waals surface area contributed by atoms with Crippen LogP contribution in [-0.2, 0) is 0 Å². The van der Waals surface area contributed by atoms with Crippen LogP contribution in [0.1, 0.15) is 37.2 Å². The summed E-state index contributed by atoms with van der Waals surface area (Å²) >= 11 is 0. The molecule has 82 valence electrons. The van der Waals surface area contributed by atoms with E-state index in [9.17, 15) is 4.79 Å². The standard InChI is InChI=1S/C11H17N3O/c1-3-7-14(8-4-2)11(15)10-5-6-12-9-13-10/h5-6,9H,3-4,7-8H2,1-2H3. The van der Waals surface area contributed by atoms with Crippen LogP contribution in [0.4, 0.5) is 0 Å². The summed E-state index contributed by atoms with van der Waals surface area (Å²) in [4.78, 5) is 21.6. The van der Waals surface area contributed by atoms with Gasteiger partial charge in [0.05, 0.1) is 0 Å². The number of hydrogen-bond donors (Lipinski definition) is 0. The van der Waals surface area contributed by atoms with Crippen molar-refractivity contribution in [1.82, 2.24) is 14.9 Å². The first kappa shape index (κ1) is 11.6. The molecule has 0 saturated carbocycles. The van der Waals surface area contributed by atoms with Crippen LogP contribution in [-0.4, -0.2) is 33.9 Å². The largest absolute Gasteiger partial charge is 0.337 e. The van der Waals surface area contributed by atoms with Gasteiger partial charge in [-0.2, -0.15) is 0 Å². The van der Waals surface area contributed by atoms with E-state index < -0.39 is 0 Å². The maximum atomic E-state index is 12.0. The minimum Gasteiger partial charge on any atom is -0.337 e. The van der Waals surface area contributed by atoms with Crippen molar-refractivity contribution in [3.63, 3.8) is 0 Å². The average Bonchev–Trinajstić information content (AvgIpc) is 2.29. The number of rotatable bonds is 5. The van der Waals surface area contributed by atoms with Crippen molar-refractivity contribution in [2.24, 2.45) is 0 Å². The van der Waals surface area contributed by atoms with Gasteiger partial charge in [0.25, 0.3) is 5.91 Å². The number of amides is 1. The van der Waals surface area contributed by atoms with E-state index in [0.717, 1.165) is 25.9 Å². The molecule has 0 aliphatic heterocycles. The third-order valence-corrected chi connectivity index (χ3v) is 2.08. The molecular formula is C11H17N3O. The van der Waals surface area contributed by atoms with Gasteiger partial charge in [-0.1, -0.05) is 13.8 Å². The van der Waals surface area contributed by atoms with Gasteiger partial charge in [0.15, 0.2) is 0 Å². The molecule has 0 N–H and O–H groups in total. The van der Waals surface area contributed by atoms with Crippen molar-refractivity contribution in [2.75, 3.05) is 13.1 Å². The van der Waals surface area contributed by atoms with Crippen molar-refractivity contribution in [1.29, 1.82) is 0 Å². The molecule has 1 amide bonds. The first-order valence-electron chi connectivity index (χ1n) is 5.34. The van der Waals surface area contributed by atoms with Crippen molar-refractivity contribution in [3.8, 4) is 0 Å². The molecule has 15 heavy (non-hydrogen) atoms. The Hall–Kier alpha value is -1.45. The second kappa shape index (κ2) is 6.11. The van der Waals surface area contributed by atoms with Crippen molar-refractivity contribution < 1.29 is 4.79 Å². The van der Waals surface area contributed by atoms with Gasteiger partial charge >= 0.3 is 0 Å². The molecule has 0 bridgehead atoms. The molecule has 1 rings (SSSR count). The SMILES string of the molecule is CCCN(CCC)C(=O)c1ccncn1. The summed E-state index contributed by atoms with van der Waals surface area (Å²) in [6.45, 7) is 5.71. The van der Waals surface area contributed by atoms with Crippen LogP contribution in [0.15, 0.2) is 18.6 Å². The van der Waals surface area contributed by atoms with E-state index in [4.69, 9.17) is 0 Å². The van der Waals surface area contributed by atoms with E-state index in [1.165, 1.54) is 6.33 Å². The lowest BCUT2D eigenvalue weighted by atomic mass is 10.3. The molecule has 0 radical (unpaired) electrons. The molecule has 0 atom stereocenters. The molecule has 0 spiro atoms. The molecule has 0 aliphatic carbocycles. The Kier molecular flexibility index (Phi) is 4.74. The number of aromatic nitrogens is 2. The Morgan fingerprint density at radius 3 is 2.47 bits per heavy atom. The van der Waals surface area contributed by atoms with Crippen LogP contribution in [0.2, 0.25) is 0 Å². The molecule has 1 aromatic rings. The van der Waals surface area contributed by atoms with E-state index in [2.05, 4.69) is 23.8 Å². The third kappa shape index (κ3) is 3.31. The number of carbonyl (C=O) groups is 1. The fraction of sp³-hybridized carbons (Fsp3) is 0.545. The molecule has 1 heterocycles. The van der Waals surface area contributed by atoms with Gasteiger partial charge in [-0.05, 0) is 18.9 Å². The molecule has 0 aromatic carbocycles. The molecule has 4 nitrogen and oxygen atoms in total. The van der Waals surface area contributed by atoms with Gasteiger partial charge in [0.1, 0.15) is 12.0 Å². The minimum atomic E-state index is 0.00102. The Bertz CT molecular complexity index is 294. The smallest absolute Gasteiger partial charge is 0.272 e. The summed E-state index contributed by atoms with van der Waals surface area (Å²) < 4.78 is 0. The third-order valence-electron chi connectivity index (χ3n) is 2.08. The quantitative estimate of drug-likeness (QED) is 0.738. The minimum absolute atomic E-state index is 0.00102. The normalized spacial score (nSPS) is 10.0. The Morgan fingerprint density at radius 1 is 1.33 bits per heavy atom. The first-order valence-corrected chi connectivity index (χ1v) is 5.34. The molecule has 4 heteroatoms. The summed E-state index contributed by atoms with van der Waals surface area (Å²) in [5.41, 5.74) is 0.479.